The molecule has 0 atom stereocenters. The van der Waals surface area contributed by atoms with Crippen LogP contribution >= 0.6 is 0 Å². The number of ether oxygens (including phenoxy) is 1. The normalized spacial score (nSPS) is 17.1. The van der Waals surface area contributed by atoms with Gasteiger partial charge in [-0.1, -0.05) is 0 Å². The molecule has 0 aromatic carbocycles. The summed E-state index contributed by atoms with van der Waals surface area (Å²) in [7, 11) is 0. The number of carbonyl (C=O) groups is 1. The van der Waals surface area contributed by atoms with Crippen molar-refractivity contribution in [3.63, 3.8) is 0 Å². The van der Waals surface area contributed by atoms with Gasteiger partial charge in [0.25, 0.3) is 0 Å². The zero-order valence-corrected chi connectivity index (χ0v) is 8.29. The molecule has 5 heteroatoms. The number of piperidine rings is 1. The molecule has 0 bridgehead atoms. The number of hydrogen-bond donors (Lipinski definition) is 2. The van der Waals surface area contributed by atoms with Crippen LogP contribution in [0.1, 0.15) is 19.3 Å². The molecule has 1 rings (SSSR count). The summed E-state index contributed by atoms with van der Waals surface area (Å²) in [6, 6.07) is 0. The number of nitrogens with one attached hydrogen (secondary N) is 1. The lowest BCUT2D eigenvalue weighted by atomic mass is 10.1. The molecule has 1 aliphatic heterocycles. The lowest BCUT2D eigenvalue weighted by molar-refractivity contribution is -0.122. The van der Waals surface area contributed by atoms with Gasteiger partial charge in [0.1, 0.15) is 6.61 Å². The zero-order chi connectivity index (χ0) is 10.4. The van der Waals surface area contributed by atoms with E-state index in [1.54, 1.807) is 0 Å². The minimum Gasteiger partial charge on any atom is -0.370 e. The van der Waals surface area contributed by atoms with E-state index in [0.29, 0.717) is 19.0 Å². The quantitative estimate of drug-likeness (QED) is 0.609. The van der Waals surface area contributed by atoms with E-state index in [9.17, 15) is 4.79 Å². The van der Waals surface area contributed by atoms with Crippen molar-refractivity contribution in [1.29, 1.82) is 5.41 Å². The van der Waals surface area contributed by atoms with Crippen LogP contribution in [-0.2, 0) is 9.53 Å². The van der Waals surface area contributed by atoms with Gasteiger partial charge in [-0.3, -0.25) is 10.2 Å². The van der Waals surface area contributed by atoms with Crippen molar-refractivity contribution < 1.29 is 9.53 Å². The van der Waals surface area contributed by atoms with Crippen molar-refractivity contribution in [3.8, 4) is 0 Å². The lowest BCUT2D eigenvalue weighted by Crippen LogP contribution is -2.37. The summed E-state index contributed by atoms with van der Waals surface area (Å²) >= 11 is 0. The monoisotopic (exact) mass is 199 g/mol. The summed E-state index contributed by atoms with van der Waals surface area (Å²) < 4.78 is 5.03. The predicted molar refractivity (Wildman–Crippen MR) is 53.2 cm³/mol. The average molecular weight is 199 g/mol. The fourth-order valence-electron chi connectivity index (χ4n) is 1.48. The average Bonchev–Trinajstić information content (AvgIpc) is 2.15. The Hall–Kier alpha value is -1.10. The Morgan fingerprint density at radius 2 is 2.36 bits per heavy atom. The van der Waals surface area contributed by atoms with Crippen molar-refractivity contribution in [2.24, 2.45) is 5.73 Å². The summed E-state index contributed by atoms with van der Waals surface area (Å²) in [6.07, 6.45) is 3.10. The Labute approximate surface area is 83.7 Å². The van der Waals surface area contributed by atoms with E-state index in [1.165, 1.54) is 0 Å². The minimum atomic E-state index is -0.446. The van der Waals surface area contributed by atoms with Crippen molar-refractivity contribution in [3.05, 3.63) is 0 Å². The van der Waals surface area contributed by atoms with Gasteiger partial charge < -0.3 is 15.4 Å². The van der Waals surface area contributed by atoms with Gasteiger partial charge in [-0.15, -0.1) is 0 Å². The van der Waals surface area contributed by atoms with E-state index >= 15 is 0 Å². The maximum Gasteiger partial charge on any atom is 0.243 e. The fourth-order valence-corrected chi connectivity index (χ4v) is 1.48. The standard InChI is InChI=1S/C9H17N3O2/c10-8-3-1-2-4-12(8)5-6-14-7-9(11)13/h10H,1-7H2,(H2,11,13). The maximum atomic E-state index is 10.4. The van der Waals surface area contributed by atoms with E-state index in [0.717, 1.165) is 25.8 Å². The van der Waals surface area contributed by atoms with Gasteiger partial charge in [-0.2, -0.15) is 0 Å². The van der Waals surface area contributed by atoms with Gasteiger partial charge in [0.15, 0.2) is 0 Å². The maximum absolute atomic E-state index is 10.4. The van der Waals surface area contributed by atoms with Crippen LogP contribution in [0.2, 0.25) is 0 Å². The second kappa shape index (κ2) is 5.59. The largest absolute Gasteiger partial charge is 0.370 e. The first-order chi connectivity index (χ1) is 6.70. The van der Waals surface area contributed by atoms with Crippen LogP contribution in [-0.4, -0.2) is 42.9 Å². The van der Waals surface area contributed by atoms with Crippen molar-refractivity contribution >= 4 is 11.7 Å². The molecule has 0 saturated carbocycles. The second-order valence-electron chi connectivity index (χ2n) is 3.41. The van der Waals surface area contributed by atoms with Crippen LogP contribution in [0.25, 0.3) is 0 Å². The number of nitrogens with zero attached hydrogens (tertiary/aromatic N) is 1. The topological polar surface area (TPSA) is 79.4 Å². The third-order valence-corrected chi connectivity index (χ3v) is 2.22. The van der Waals surface area contributed by atoms with Crippen LogP contribution in [0.3, 0.4) is 0 Å². The zero-order valence-electron chi connectivity index (χ0n) is 8.29. The molecule has 1 amide bonds. The van der Waals surface area contributed by atoms with Gasteiger partial charge in [0.2, 0.25) is 5.91 Å². The van der Waals surface area contributed by atoms with Crippen molar-refractivity contribution in [2.45, 2.75) is 19.3 Å². The number of primary amides is 1. The molecule has 0 aromatic heterocycles. The minimum absolute atomic E-state index is 0.0266. The Kier molecular flexibility index (Phi) is 4.39. The summed E-state index contributed by atoms with van der Waals surface area (Å²) in [5.74, 6) is 0.234. The number of rotatable bonds is 5. The Morgan fingerprint density at radius 3 is 3.00 bits per heavy atom. The molecule has 5 nitrogen and oxygen atoms in total. The molecule has 3 N–H and O–H groups in total. The van der Waals surface area contributed by atoms with E-state index in [4.69, 9.17) is 15.9 Å². The molecular formula is C9H17N3O2. The summed E-state index contributed by atoms with van der Waals surface area (Å²) in [5, 5.41) is 7.64. The molecule has 1 fully saturated rings. The summed E-state index contributed by atoms with van der Waals surface area (Å²) in [6.45, 7) is 2.05. The number of carbonyl (C=O) groups excluding carboxylic acids is 1. The molecule has 0 unspecified atom stereocenters. The fraction of sp³-hybridized carbons (Fsp3) is 0.778. The van der Waals surface area contributed by atoms with E-state index in [2.05, 4.69) is 0 Å². The summed E-state index contributed by atoms with van der Waals surface area (Å²) in [4.78, 5) is 12.3. The van der Waals surface area contributed by atoms with Crippen molar-refractivity contribution in [2.75, 3.05) is 26.3 Å². The number of nitrogens with two attached hydrogens (primary N) is 1. The van der Waals surface area contributed by atoms with Gasteiger partial charge in [-0.25, -0.2) is 0 Å². The van der Waals surface area contributed by atoms with E-state index in [-0.39, 0.29) is 6.61 Å². The molecule has 1 saturated heterocycles. The highest BCUT2D eigenvalue weighted by Crippen LogP contribution is 2.09. The first-order valence-corrected chi connectivity index (χ1v) is 4.88. The van der Waals surface area contributed by atoms with Gasteiger partial charge in [0, 0.05) is 19.5 Å². The smallest absolute Gasteiger partial charge is 0.243 e. The van der Waals surface area contributed by atoms with Crippen LogP contribution in [0.4, 0.5) is 0 Å². The molecule has 0 spiro atoms. The molecule has 0 aliphatic carbocycles. The molecule has 0 radical (unpaired) electrons. The number of likely N-dealkylation sites (tertiary alicyclic amines) is 1. The second-order valence-corrected chi connectivity index (χ2v) is 3.41. The van der Waals surface area contributed by atoms with Crippen LogP contribution in [0.15, 0.2) is 0 Å². The molecule has 1 heterocycles. The predicted octanol–water partition coefficient (Wildman–Crippen LogP) is -0.0485. The SMILES string of the molecule is N=C1CCCCN1CCOCC(N)=O. The highest BCUT2D eigenvalue weighted by Gasteiger charge is 2.13. The lowest BCUT2D eigenvalue weighted by Gasteiger charge is -2.28. The molecule has 1 aliphatic rings. The summed E-state index contributed by atoms with van der Waals surface area (Å²) in [5.41, 5.74) is 4.92. The van der Waals surface area contributed by atoms with Gasteiger partial charge in [0.05, 0.1) is 12.4 Å². The first kappa shape index (κ1) is 11.0. The third kappa shape index (κ3) is 3.74. The van der Waals surface area contributed by atoms with Crippen molar-refractivity contribution in [1.82, 2.24) is 4.90 Å². The van der Waals surface area contributed by atoms with E-state index in [1.807, 2.05) is 4.90 Å². The molecule has 14 heavy (non-hydrogen) atoms. The molecule has 80 valence electrons. The number of amides is 1. The van der Waals surface area contributed by atoms with Crippen LogP contribution in [0, 0.1) is 5.41 Å². The Morgan fingerprint density at radius 1 is 1.57 bits per heavy atom. The number of amidine groups is 1. The highest BCUT2D eigenvalue weighted by molar-refractivity contribution is 5.79. The van der Waals surface area contributed by atoms with Crippen LogP contribution < -0.4 is 5.73 Å². The third-order valence-electron chi connectivity index (χ3n) is 2.22. The van der Waals surface area contributed by atoms with Crippen LogP contribution in [0.5, 0.6) is 0 Å². The van der Waals surface area contributed by atoms with Gasteiger partial charge >= 0.3 is 0 Å². The number of hydrogen-bond acceptors (Lipinski definition) is 3. The first-order valence-electron chi connectivity index (χ1n) is 4.88. The molecular weight excluding hydrogens is 182 g/mol. The van der Waals surface area contributed by atoms with E-state index < -0.39 is 5.91 Å². The van der Waals surface area contributed by atoms with Gasteiger partial charge in [-0.05, 0) is 12.8 Å². The molecule has 0 aromatic rings. The highest BCUT2D eigenvalue weighted by atomic mass is 16.5. The Bertz CT molecular complexity index is 218. The Balaban J connectivity index is 2.10.